The molecule has 1 heterocycles. The fraction of sp³-hybridized carbons (Fsp3) is 0.100. The maximum atomic E-state index is 12.6. The summed E-state index contributed by atoms with van der Waals surface area (Å²) >= 11 is 0. The summed E-state index contributed by atoms with van der Waals surface area (Å²) in [6, 6.07) is 15.9. The van der Waals surface area contributed by atoms with E-state index in [9.17, 15) is 13.2 Å². The average Bonchev–Trinajstić information content (AvgIpc) is 2.70. The third-order valence-corrected chi connectivity index (χ3v) is 5.31. The van der Waals surface area contributed by atoms with Crippen molar-refractivity contribution in [2.45, 2.75) is 11.8 Å². The molecule has 0 spiro atoms. The molecule has 0 saturated carbocycles. The Hall–Kier alpha value is -3.39. The van der Waals surface area contributed by atoms with Gasteiger partial charge >= 0.3 is 0 Å². The molecule has 1 aromatic heterocycles. The van der Waals surface area contributed by atoms with E-state index in [0.29, 0.717) is 22.8 Å². The van der Waals surface area contributed by atoms with Crippen LogP contribution in [0.1, 0.15) is 15.9 Å². The van der Waals surface area contributed by atoms with Crippen LogP contribution in [0.2, 0.25) is 0 Å². The predicted octanol–water partition coefficient (Wildman–Crippen LogP) is 3.45. The smallest absolute Gasteiger partial charge is 0.262 e. The maximum Gasteiger partial charge on any atom is 0.262 e. The first-order chi connectivity index (χ1) is 13.4. The van der Waals surface area contributed by atoms with Gasteiger partial charge in [0, 0.05) is 11.8 Å². The second kappa shape index (κ2) is 8.10. The summed E-state index contributed by atoms with van der Waals surface area (Å²) in [4.78, 5) is 16.4. The highest BCUT2D eigenvalue weighted by molar-refractivity contribution is 7.92. The standard InChI is InChI=1S/C20H19N3O4S/c1-14-7-12-19(21-13-14)22-20(24)15-8-10-16(11-9-15)28(25,26)23-17-5-3-4-6-18(17)27-2/h3-13,23H,1-2H3,(H,21,22,24). The topological polar surface area (TPSA) is 97.4 Å². The number of amides is 1. The predicted molar refractivity (Wildman–Crippen MR) is 107 cm³/mol. The second-order valence-corrected chi connectivity index (χ2v) is 7.69. The lowest BCUT2D eigenvalue weighted by molar-refractivity contribution is 0.102. The average molecular weight is 397 g/mol. The molecule has 8 heteroatoms. The number of hydrogen-bond donors (Lipinski definition) is 2. The molecule has 0 aliphatic rings. The summed E-state index contributed by atoms with van der Waals surface area (Å²) < 4.78 is 32.8. The van der Waals surface area contributed by atoms with Gasteiger partial charge in [-0.2, -0.15) is 0 Å². The fourth-order valence-corrected chi connectivity index (χ4v) is 3.52. The minimum absolute atomic E-state index is 0.0309. The van der Waals surface area contributed by atoms with E-state index in [2.05, 4.69) is 15.0 Å². The number of aromatic nitrogens is 1. The van der Waals surface area contributed by atoms with Gasteiger partial charge in [0.2, 0.25) is 0 Å². The Morgan fingerprint density at radius 3 is 2.36 bits per heavy atom. The molecule has 7 nitrogen and oxygen atoms in total. The number of carbonyl (C=O) groups excluding carboxylic acids is 1. The van der Waals surface area contributed by atoms with Crippen LogP contribution in [0, 0.1) is 6.92 Å². The molecule has 0 fully saturated rings. The van der Waals surface area contributed by atoms with Crippen molar-refractivity contribution in [2.24, 2.45) is 0 Å². The summed E-state index contributed by atoms with van der Waals surface area (Å²) in [5.74, 6) is 0.454. The highest BCUT2D eigenvalue weighted by Crippen LogP contribution is 2.26. The van der Waals surface area contributed by atoms with Crippen LogP contribution in [-0.4, -0.2) is 26.4 Å². The minimum Gasteiger partial charge on any atom is -0.495 e. The largest absolute Gasteiger partial charge is 0.495 e. The number of benzene rings is 2. The summed E-state index contributed by atoms with van der Waals surface area (Å²) in [6.45, 7) is 1.90. The van der Waals surface area contributed by atoms with Crippen LogP contribution < -0.4 is 14.8 Å². The third kappa shape index (κ3) is 4.47. The molecule has 0 radical (unpaired) electrons. The number of aryl methyl sites for hydroxylation is 1. The zero-order chi connectivity index (χ0) is 20.1. The molecule has 0 atom stereocenters. The van der Waals surface area contributed by atoms with Gasteiger partial charge in [-0.15, -0.1) is 0 Å². The highest BCUT2D eigenvalue weighted by atomic mass is 32.2. The van der Waals surface area contributed by atoms with Crippen molar-refractivity contribution in [2.75, 3.05) is 17.1 Å². The van der Waals surface area contributed by atoms with Crippen LogP contribution in [-0.2, 0) is 10.0 Å². The number of carbonyl (C=O) groups is 1. The summed E-state index contributed by atoms with van der Waals surface area (Å²) in [7, 11) is -2.36. The zero-order valence-electron chi connectivity index (χ0n) is 15.3. The SMILES string of the molecule is COc1ccccc1NS(=O)(=O)c1ccc(C(=O)Nc2ccc(C)cn2)cc1. The molecule has 0 aliphatic heterocycles. The number of hydrogen-bond acceptors (Lipinski definition) is 5. The molecule has 3 rings (SSSR count). The number of pyridine rings is 1. The Kier molecular flexibility index (Phi) is 5.60. The summed E-state index contributed by atoms with van der Waals surface area (Å²) in [5.41, 5.74) is 1.63. The minimum atomic E-state index is -3.83. The van der Waals surface area contributed by atoms with Gasteiger partial charge in [0.15, 0.2) is 0 Å². The number of methoxy groups -OCH3 is 1. The molecule has 0 aliphatic carbocycles. The third-order valence-electron chi connectivity index (χ3n) is 3.93. The van der Waals surface area contributed by atoms with Gasteiger partial charge in [-0.1, -0.05) is 18.2 Å². The summed E-state index contributed by atoms with van der Waals surface area (Å²) in [6.07, 6.45) is 1.65. The Balaban J connectivity index is 1.75. The quantitative estimate of drug-likeness (QED) is 0.664. The number of para-hydroxylation sites is 2. The lowest BCUT2D eigenvalue weighted by Crippen LogP contribution is -2.15. The first kappa shape index (κ1) is 19.4. The normalized spacial score (nSPS) is 10.9. The number of ether oxygens (including phenoxy) is 1. The first-order valence-corrected chi connectivity index (χ1v) is 9.87. The van der Waals surface area contributed by atoms with Gasteiger partial charge in [0.25, 0.3) is 15.9 Å². The van der Waals surface area contributed by atoms with Gasteiger partial charge in [-0.25, -0.2) is 13.4 Å². The van der Waals surface area contributed by atoms with Gasteiger partial charge in [-0.05, 0) is 55.0 Å². The van der Waals surface area contributed by atoms with E-state index in [4.69, 9.17) is 4.74 Å². The number of nitrogens with zero attached hydrogens (tertiary/aromatic N) is 1. The Bertz CT molecular complexity index is 1080. The van der Waals surface area contributed by atoms with Crippen molar-refractivity contribution >= 4 is 27.4 Å². The molecule has 0 unspecified atom stereocenters. The van der Waals surface area contributed by atoms with Crippen LogP contribution in [0.15, 0.2) is 71.8 Å². The zero-order valence-corrected chi connectivity index (χ0v) is 16.2. The number of sulfonamides is 1. The van der Waals surface area contributed by atoms with Gasteiger partial charge < -0.3 is 10.1 Å². The van der Waals surface area contributed by atoms with E-state index in [-0.39, 0.29) is 10.8 Å². The van der Waals surface area contributed by atoms with E-state index in [0.717, 1.165) is 5.56 Å². The van der Waals surface area contributed by atoms with E-state index < -0.39 is 10.0 Å². The Morgan fingerprint density at radius 2 is 1.71 bits per heavy atom. The fourth-order valence-electron chi connectivity index (χ4n) is 2.45. The highest BCUT2D eigenvalue weighted by Gasteiger charge is 2.17. The summed E-state index contributed by atoms with van der Waals surface area (Å²) in [5, 5.41) is 2.67. The van der Waals surface area contributed by atoms with Crippen LogP contribution in [0.4, 0.5) is 11.5 Å². The van der Waals surface area contributed by atoms with Crippen LogP contribution in [0.5, 0.6) is 5.75 Å². The van der Waals surface area contributed by atoms with Crippen LogP contribution in [0.25, 0.3) is 0 Å². The molecular weight excluding hydrogens is 378 g/mol. The monoisotopic (exact) mass is 397 g/mol. The lowest BCUT2D eigenvalue weighted by atomic mass is 10.2. The van der Waals surface area contributed by atoms with E-state index >= 15 is 0 Å². The molecule has 144 valence electrons. The van der Waals surface area contributed by atoms with Crippen LogP contribution in [0.3, 0.4) is 0 Å². The maximum absolute atomic E-state index is 12.6. The molecule has 0 saturated heterocycles. The van der Waals surface area contributed by atoms with Crippen LogP contribution >= 0.6 is 0 Å². The van der Waals surface area contributed by atoms with E-state index in [1.54, 1.807) is 36.5 Å². The Labute approximate surface area is 163 Å². The van der Waals surface area contributed by atoms with Gasteiger partial charge in [0.05, 0.1) is 17.7 Å². The van der Waals surface area contributed by atoms with Crippen molar-refractivity contribution in [3.8, 4) is 5.75 Å². The number of anilines is 2. The van der Waals surface area contributed by atoms with Crippen molar-refractivity contribution < 1.29 is 17.9 Å². The van der Waals surface area contributed by atoms with Gasteiger partial charge in [0.1, 0.15) is 11.6 Å². The first-order valence-electron chi connectivity index (χ1n) is 8.39. The molecule has 2 N–H and O–H groups in total. The van der Waals surface area contributed by atoms with Crippen molar-refractivity contribution in [1.82, 2.24) is 4.98 Å². The van der Waals surface area contributed by atoms with Crippen molar-refractivity contribution in [3.05, 3.63) is 78.0 Å². The van der Waals surface area contributed by atoms with Crippen molar-refractivity contribution in [3.63, 3.8) is 0 Å². The lowest BCUT2D eigenvalue weighted by Gasteiger charge is -2.12. The van der Waals surface area contributed by atoms with E-state index in [1.165, 1.54) is 31.4 Å². The molecule has 3 aromatic rings. The Morgan fingerprint density at radius 1 is 1.00 bits per heavy atom. The second-order valence-electron chi connectivity index (χ2n) is 6.01. The van der Waals surface area contributed by atoms with Gasteiger partial charge in [-0.3, -0.25) is 9.52 Å². The van der Waals surface area contributed by atoms with E-state index in [1.807, 2.05) is 13.0 Å². The molecule has 2 aromatic carbocycles. The number of rotatable bonds is 6. The number of nitrogens with one attached hydrogen (secondary N) is 2. The molecule has 1 amide bonds. The molecule has 0 bridgehead atoms. The molecular formula is C20H19N3O4S. The molecule has 28 heavy (non-hydrogen) atoms. The van der Waals surface area contributed by atoms with Crippen molar-refractivity contribution in [1.29, 1.82) is 0 Å².